The molecule has 2 saturated carbocycles. The Balaban J connectivity index is 1.28. The Morgan fingerprint density at radius 1 is 1.17 bits per heavy atom. The van der Waals surface area contributed by atoms with E-state index in [0.717, 1.165) is 6.42 Å². The van der Waals surface area contributed by atoms with E-state index in [1.165, 1.54) is 0 Å². The fourth-order valence-electron chi connectivity index (χ4n) is 5.54. The Morgan fingerprint density at radius 2 is 1.94 bits per heavy atom. The van der Waals surface area contributed by atoms with Crippen molar-refractivity contribution < 1.29 is 27.1 Å². The summed E-state index contributed by atoms with van der Waals surface area (Å²) in [7, 11) is 0. The first-order valence-electron chi connectivity index (χ1n) is 11.1. The Kier molecular flexibility index (Phi) is 4.64. The third-order valence-electron chi connectivity index (χ3n) is 7.26. The average Bonchev–Trinajstić information content (AvgIpc) is 3.48. The largest absolute Gasteiger partial charge is 0.470 e. The molecular weight excluding hydrogens is 466 g/mol. The summed E-state index contributed by atoms with van der Waals surface area (Å²) in [5, 5.41) is 0. The third-order valence-corrected chi connectivity index (χ3v) is 7.26. The molecule has 35 heavy (non-hydrogen) atoms. The highest BCUT2D eigenvalue weighted by molar-refractivity contribution is 5.99. The highest BCUT2D eigenvalue weighted by Crippen LogP contribution is 2.71. The molecule has 3 fully saturated rings. The van der Waals surface area contributed by atoms with Crippen LogP contribution >= 0.6 is 0 Å². The van der Waals surface area contributed by atoms with Crippen LogP contribution in [0.3, 0.4) is 0 Å². The van der Waals surface area contributed by atoms with E-state index in [1.807, 2.05) is 0 Å². The number of rotatable bonds is 4. The Morgan fingerprint density at radius 3 is 2.66 bits per heavy atom. The minimum atomic E-state index is -4.70. The van der Waals surface area contributed by atoms with E-state index in [0.29, 0.717) is 48.2 Å². The monoisotopic (exact) mass is 485 g/mol. The van der Waals surface area contributed by atoms with Gasteiger partial charge < -0.3 is 9.64 Å². The van der Waals surface area contributed by atoms with Crippen molar-refractivity contribution in [2.75, 3.05) is 6.54 Å². The van der Waals surface area contributed by atoms with Crippen molar-refractivity contribution in [3.63, 3.8) is 0 Å². The molecule has 0 aromatic carbocycles. The molecule has 4 heterocycles. The van der Waals surface area contributed by atoms with Gasteiger partial charge in [-0.05, 0) is 49.9 Å². The summed E-state index contributed by atoms with van der Waals surface area (Å²) < 4.78 is 58.6. The zero-order valence-corrected chi connectivity index (χ0v) is 18.5. The number of aryl methyl sites for hydroxylation is 1. The summed E-state index contributed by atoms with van der Waals surface area (Å²) in [5.74, 6) is -1.31. The van der Waals surface area contributed by atoms with Crippen LogP contribution < -0.4 is 4.74 Å². The van der Waals surface area contributed by atoms with Crippen molar-refractivity contribution in [1.29, 1.82) is 0 Å². The van der Waals surface area contributed by atoms with E-state index in [1.54, 1.807) is 42.4 Å². The van der Waals surface area contributed by atoms with Crippen LogP contribution in [0.1, 0.15) is 34.6 Å². The quantitative estimate of drug-likeness (QED) is 0.518. The van der Waals surface area contributed by atoms with Gasteiger partial charge in [-0.15, -0.1) is 0 Å². The van der Waals surface area contributed by atoms with Crippen LogP contribution in [0, 0.1) is 24.1 Å². The molecule has 4 atom stereocenters. The molecule has 0 bridgehead atoms. The maximum Gasteiger partial charge on any atom is 0.417 e. The average molecular weight is 485 g/mol. The number of likely N-dealkylation sites (tertiary alicyclic amines) is 1. The molecule has 3 aromatic rings. The second-order valence-electron chi connectivity index (χ2n) is 9.33. The SMILES string of the molecule is Cc1ccc(-c2ncccn2)c(C(=O)N2CC3CC34CC(Oc3ncc(C(F)(F)F)cc3F)C24)n1. The summed E-state index contributed by atoms with van der Waals surface area (Å²) in [5.41, 5.74) is 0.0916. The van der Waals surface area contributed by atoms with Crippen LogP contribution in [0.2, 0.25) is 0 Å². The van der Waals surface area contributed by atoms with Gasteiger partial charge >= 0.3 is 6.18 Å². The molecule has 0 radical (unpaired) electrons. The number of ether oxygens (including phenoxy) is 1. The van der Waals surface area contributed by atoms with Crippen LogP contribution in [0.5, 0.6) is 5.88 Å². The van der Waals surface area contributed by atoms with Gasteiger partial charge in [0.1, 0.15) is 11.8 Å². The number of nitrogens with zero attached hydrogens (tertiary/aromatic N) is 5. The number of hydrogen-bond acceptors (Lipinski definition) is 6. The van der Waals surface area contributed by atoms with E-state index < -0.39 is 29.5 Å². The summed E-state index contributed by atoms with van der Waals surface area (Å²) in [6.45, 7) is 2.29. The number of amides is 1. The van der Waals surface area contributed by atoms with Crippen molar-refractivity contribution in [1.82, 2.24) is 24.8 Å². The van der Waals surface area contributed by atoms with Gasteiger partial charge in [0.2, 0.25) is 0 Å². The summed E-state index contributed by atoms with van der Waals surface area (Å²) in [4.78, 5) is 31.9. The molecule has 4 unspecified atom stereocenters. The maximum atomic E-state index is 14.4. The second kappa shape index (κ2) is 7.43. The highest BCUT2D eigenvalue weighted by Gasteiger charge is 2.76. The number of carbonyl (C=O) groups is 1. The smallest absolute Gasteiger partial charge is 0.417 e. The molecule has 1 amide bonds. The standard InChI is InChI=1S/C24H19F4N5O2/c1-12-3-4-15(20-29-5-2-6-30-20)18(32-12)22(34)33-11-14-8-23(14)9-17(19(23)33)35-21-16(25)7-13(10-31-21)24(26,27)28/h2-7,10,14,17,19H,8-9,11H2,1H3. The van der Waals surface area contributed by atoms with Crippen LogP contribution in [-0.2, 0) is 6.18 Å². The molecule has 6 rings (SSSR count). The number of aromatic nitrogens is 4. The molecule has 1 saturated heterocycles. The molecule has 3 aromatic heterocycles. The minimum absolute atomic E-state index is 0.101. The molecule has 3 aliphatic rings. The molecule has 0 N–H and O–H groups in total. The van der Waals surface area contributed by atoms with E-state index in [-0.39, 0.29) is 23.1 Å². The van der Waals surface area contributed by atoms with E-state index >= 15 is 0 Å². The van der Waals surface area contributed by atoms with Crippen molar-refractivity contribution >= 4 is 5.91 Å². The predicted molar refractivity (Wildman–Crippen MR) is 114 cm³/mol. The Hall–Kier alpha value is -3.63. The van der Waals surface area contributed by atoms with Gasteiger partial charge in [-0.1, -0.05) is 0 Å². The molecule has 11 heteroatoms. The van der Waals surface area contributed by atoms with Crippen molar-refractivity contribution in [3.8, 4) is 17.3 Å². The second-order valence-corrected chi connectivity index (χ2v) is 9.33. The van der Waals surface area contributed by atoms with Crippen molar-refractivity contribution in [3.05, 3.63) is 65.6 Å². The van der Waals surface area contributed by atoms with Crippen LogP contribution in [0.4, 0.5) is 17.6 Å². The summed E-state index contributed by atoms with van der Waals surface area (Å²) in [6.07, 6.45) is -0.0526. The van der Waals surface area contributed by atoms with Crippen LogP contribution in [0.15, 0.2) is 42.9 Å². The lowest BCUT2D eigenvalue weighted by Gasteiger charge is -2.46. The number of piperidine rings is 1. The van der Waals surface area contributed by atoms with Gasteiger partial charge in [-0.25, -0.2) is 24.3 Å². The summed E-state index contributed by atoms with van der Waals surface area (Å²) in [6, 6.07) is 5.25. The topological polar surface area (TPSA) is 81.1 Å². The molecule has 1 aliphatic heterocycles. The van der Waals surface area contributed by atoms with E-state index in [9.17, 15) is 22.4 Å². The Labute approximate surface area is 197 Å². The minimum Gasteiger partial charge on any atom is -0.470 e. The number of carbonyl (C=O) groups excluding carboxylic acids is 1. The van der Waals surface area contributed by atoms with Gasteiger partial charge in [0.25, 0.3) is 11.8 Å². The van der Waals surface area contributed by atoms with Gasteiger partial charge in [-0.3, -0.25) is 4.79 Å². The highest BCUT2D eigenvalue weighted by atomic mass is 19.4. The first-order chi connectivity index (χ1) is 16.7. The third kappa shape index (κ3) is 3.43. The zero-order chi connectivity index (χ0) is 24.5. The summed E-state index contributed by atoms with van der Waals surface area (Å²) >= 11 is 0. The van der Waals surface area contributed by atoms with Gasteiger partial charge in [0, 0.05) is 36.2 Å². The molecule has 7 nitrogen and oxygen atoms in total. The first kappa shape index (κ1) is 21.9. The molecular formula is C24H19F4N5O2. The molecule has 180 valence electrons. The van der Waals surface area contributed by atoms with Crippen molar-refractivity contribution in [2.24, 2.45) is 11.3 Å². The van der Waals surface area contributed by atoms with E-state index in [4.69, 9.17) is 4.74 Å². The van der Waals surface area contributed by atoms with Crippen LogP contribution in [-0.4, -0.2) is 49.4 Å². The zero-order valence-electron chi connectivity index (χ0n) is 18.5. The molecule has 2 aliphatic carbocycles. The first-order valence-corrected chi connectivity index (χ1v) is 11.1. The number of alkyl halides is 3. The number of halogens is 4. The van der Waals surface area contributed by atoms with Crippen LogP contribution in [0.25, 0.3) is 11.4 Å². The van der Waals surface area contributed by atoms with Gasteiger partial charge in [-0.2, -0.15) is 13.2 Å². The number of pyridine rings is 2. The lowest BCUT2D eigenvalue weighted by atomic mass is 9.73. The fourth-order valence-corrected chi connectivity index (χ4v) is 5.54. The normalized spacial score (nSPS) is 26.5. The van der Waals surface area contributed by atoms with Crippen molar-refractivity contribution in [2.45, 2.75) is 38.1 Å². The molecule has 1 spiro atoms. The maximum absolute atomic E-state index is 14.4. The number of hydrogen-bond donors (Lipinski definition) is 0. The van der Waals surface area contributed by atoms with E-state index in [2.05, 4.69) is 19.9 Å². The lowest BCUT2D eigenvalue weighted by Crippen LogP contribution is -2.59. The van der Waals surface area contributed by atoms with Gasteiger partial charge in [0.15, 0.2) is 11.6 Å². The Bertz CT molecular complexity index is 1340. The predicted octanol–water partition coefficient (Wildman–Crippen LogP) is 4.08. The van der Waals surface area contributed by atoms with Gasteiger partial charge in [0.05, 0.1) is 17.2 Å². The lowest BCUT2D eigenvalue weighted by molar-refractivity contribution is -0.138. The fraction of sp³-hybridized carbons (Fsp3) is 0.375.